The van der Waals surface area contributed by atoms with Gasteiger partial charge < -0.3 is 4.74 Å². The molecule has 0 aromatic heterocycles. The summed E-state index contributed by atoms with van der Waals surface area (Å²) in [6.07, 6.45) is 5.84. The smallest absolute Gasteiger partial charge is 0.235 e. The van der Waals surface area contributed by atoms with Crippen molar-refractivity contribution in [3.05, 3.63) is 47.3 Å². The van der Waals surface area contributed by atoms with Crippen molar-refractivity contribution in [3.8, 4) is 5.75 Å². The highest BCUT2D eigenvalue weighted by Gasteiger charge is 2.32. The molecule has 0 bridgehead atoms. The fourth-order valence-electron chi connectivity index (χ4n) is 2.58. The van der Waals surface area contributed by atoms with Gasteiger partial charge in [0, 0.05) is 35.8 Å². The molecule has 104 valence electrons. The van der Waals surface area contributed by atoms with Gasteiger partial charge in [0.1, 0.15) is 11.9 Å². The van der Waals surface area contributed by atoms with Gasteiger partial charge in [-0.2, -0.15) is 0 Å². The van der Waals surface area contributed by atoms with E-state index in [1.807, 2.05) is 43.6 Å². The molecule has 0 aliphatic carbocycles. The SMILES string of the molecule is CC(=O)NN1C=CC2C(=C1)c1ccc(Cl)cc1OC2C. The van der Waals surface area contributed by atoms with Gasteiger partial charge >= 0.3 is 0 Å². The molecule has 4 nitrogen and oxygen atoms in total. The van der Waals surface area contributed by atoms with Crippen molar-refractivity contribution in [1.29, 1.82) is 0 Å². The number of ether oxygens (including phenoxy) is 1. The van der Waals surface area contributed by atoms with Gasteiger partial charge in [0.15, 0.2) is 0 Å². The normalized spacial score (nSPS) is 23.4. The fraction of sp³-hybridized carbons (Fsp3) is 0.267. The molecule has 0 fully saturated rings. The van der Waals surface area contributed by atoms with Gasteiger partial charge in [0.05, 0.1) is 0 Å². The summed E-state index contributed by atoms with van der Waals surface area (Å²) in [4.78, 5) is 11.2. The van der Waals surface area contributed by atoms with Crippen LogP contribution in [-0.2, 0) is 4.79 Å². The molecule has 0 radical (unpaired) electrons. The molecule has 20 heavy (non-hydrogen) atoms. The zero-order chi connectivity index (χ0) is 14.3. The zero-order valence-electron chi connectivity index (χ0n) is 11.3. The van der Waals surface area contributed by atoms with Crippen LogP contribution in [0, 0.1) is 5.92 Å². The second-order valence-electron chi connectivity index (χ2n) is 4.99. The van der Waals surface area contributed by atoms with Crippen LogP contribution in [0.15, 0.2) is 36.7 Å². The molecule has 2 unspecified atom stereocenters. The van der Waals surface area contributed by atoms with Crippen LogP contribution in [0.3, 0.4) is 0 Å². The highest BCUT2D eigenvalue weighted by atomic mass is 35.5. The lowest BCUT2D eigenvalue weighted by molar-refractivity contribution is -0.121. The fourth-order valence-corrected chi connectivity index (χ4v) is 2.75. The van der Waals surface area contributed by atoms with Crippen LogP contribution >= 0.6 is 11.6 Å². The summed E-state index contributed by atoms with van der Waals surface area (Å²) in [7, 11) is 0. The first-order valence-electron chi connectivity index (χ1n) is 6.47. The Kier molecular flexibility index (Phi) is 3.18. The van der Waals surface area contributed by atoms with E-state index in [9.17, 15) is 4.79 Å². The van der Waals surface area contributed by atoms with Crippen LogP contribution in [0.2, 0.25) is 5.02 Å². The third kappa shape index (κ3) is 2.27. The van der Waals surface area contributed by atoms with Gasteiger partial charge in [0.25, 0.3) is 0 Å². The van der Waals surface area contributed by atoms with E-state index in [-0.39, 0.29) is 17.9 Å². The Bertz CT molecular complexity index is 624. The van der Waals surface area contributed by atoms with Gasteiger partial charge in [-0.15, -0.1) is 0 Å². The Balaban J connectivity index is 2.02. The maximum absolute atomic E-state index is 11.2. The molecular formula is C15H15ClN2O2. The minimum Gasteiger partial charge on any atom is -0.489 e. The topological polar surface area (TPSA) is 41.6 Å². The largest absolute Gasteiger partial charge is 0.489 e. The molecule has 2 atom stereocenters. The molecule has 1 amide bonds. The maximum Gasteiger partial charge on any atom is 0.235 e. The minimum absolute atomic E-state index is 0.0305. The minimum atomic E-state index is -0.110. The first kappa shape index (κ1) is 13.1. The Morgan fingerprint density at radius 3 is 3.00 bits per heavy atom. The number of hydrazine groups is 1. The van der Waals surface area contributed by atoms with E-state index < -0.39 is 0 Å². The van der Waals surface area contributed by atoms with E-state index in [0.29, 0.717) is 5.02 Å². The third-order valence-electron chi connectivity index (χ3n) is 3.45. The van der Waals surface area contributed by atoms with Gasteiger partial charge in [-0.25, -0.2) is 0 Å². The third-order valence-corrected chi connectivity index (χ3v) is 3.69. The second kappa shape index (κ2) is 4.87. The van der Waals surface area contributed by atoms with Gasteiger partial charge in [0.2, 0.25) is 5.91 Å². The number of fused-ring (bicyclic) bond motifs is 3. The number of nitrogens with one attached hydrogen (secondary N) is 1. The van der Waals surface area contributed by atoms with Crippen LogP contribution in [0.5, 0.6) is 5.75 Å². The van der Waals surface area contributed by atoms with Crippen molar-refractivity contribution in [2.24, 2.45) is 5.92 Å². The summed E-state index contributed by atoms with van der Waals surface area (Å²) in [5.74, 6) is 0.848. The number of benzene rings is 1. The molecule has 1 aromatic rings. The number of nitrogens with zero attached hydrogens (tertiary/aromatic N) is 1. The highest BCUT2D eigenvalue weighted by molar-refractivity contribution is 6.30. The van der Waals surface area contributed by atoms with E-state index >= 15 is 0 Å². The average molecular weight is 291 g/mol. The van der Waals surface area contributed by atoms with Crippen molar-refractivity contribution < 1.29 is 9.53 Å². The molecule has 2 aliphatic heterocycles. The van der Waals surface area contributed by atoms with Crippen LogP contribution in [0.25, 0.3) is 5.57 Å². The monoisotopic (exact) mass is 290 g/mol. The second-order valence-corrected chi connectivity index (χ2v) is 5.43. The summed E-state index contributed by atoms with van der Waals surface area (Å²) in [5, 5.41) is 2.32. The highest BCUT2D eigenvalue weighted by Crippen LogP contribution is 2.42. The van der Waals surface area contributed by atoms with Gasteiger partial charge in [-0.1, -0.05) is 17.7 Å². The first-order valence-corrected chi connectivity index (χ1v) is 6.84. The summed E-state index contributed by atoms with van der Waals surface area (Å²) in [5.41, 5.74) is 4.86. The maximum atomic E-state index is 11.2. The summed E-state index contributed by atoms with van der Waals surface area (Å²) >= 11 is 6.02. The van der Waals surface area contributed by atoms with Crippen LogP contribution < -0.4 is 10.2 Å². The number of hydrogen-bond acceptors (Lipinski definition) is 3. The molecule has 1 N–H and O–H groups in total. The van der Waals surface area contributed by atoms with E-state index in [1.54, 1.807) is 5.01 Å². The molecular weight excluding hydrogens is 276 g/mol. The lowest BCUT2D eigenvalue weighted by atomic mass is 9.85. The lowest BCUT2D eigenvalue weighted by Gasteiger charge is -2.36. The number of halogens is 1. The number of carbonyl (C=O) groups excluding carboxylic acids is 1. The Labute approximate surface area is 122 Å². The molecule has 0 spiro atoms. The number of carbonyl (C=O) groups is 1. The average Bonchev–Trinajstić information content (AvgIpc) is 2.37. The zero-order valence-corrected chi connectivity index (χ0v) is 12.0. The number of hydrogen-bond donors (Lipinski definition) is 1. The van der Waals surface area contributed by atoms with E-state index in [2.05, 4.69) is 5.43 Å². The van der Waals surface area contributed by atoms with Crippen molar-refractivity contribution in [3.63, 3.8) is 0 Å². The summed E-state index contributed by atoms with van der Waals surface area (Å²) < 4.78 is 5.92. The Morgan fingerprint density at radius 2 is 2.25 bits per heavy atom. The number of amides is 1. The van der Waals surface area contributed by atoms with E-state index in [0.717, 1.165) is 16.9 Å². The Hall–Kier alpha value is -1.94. The van der Waals surface area contributed by atoms with Crippen molar-refractivity contribution >= 4 is 23.1 Å². The van der Waals surface area contributed by atoms with Crippen molar-refractivity contribution in [2.45, 2.75) is 20.0 Å². The molecule has 2 aliphatic rings. The van der Waals surface area contributed by atoms with Gasteiger partial charge in [-0.05, 0) is 30.7 Å². The van der Waals surface area contributed by atoms with E-state index in [1.165, 1.54) is 6.92 Å². The quantitative estimate of drug-likeness (QED) is 0.864. The molecule has 1 aromatic carbocycles. The van der Waals surface area contributed by atoms with Crippen molar-refractivity contribution in [1.82, 2.24) is 10.4 Å². The standard InChI is InChI=1S/C15H15ClN2O2/c1-9-12-5-6-18(17-10(2)19)8-14(12)13-4-3-11(16)7-15(13)20-9/h3-9,12H,1-2H3,(H,17,19). The molecule has 5 heteroatoms. The van der Waals surface area contributed by atoms with Crippen molar-refractivity contribution in [2.75, 3.05) is 0 Å². The Morgan fingerprint density at radius 1 is 1.45 bits per heavy atom. The predicted molar refractivity (Wildman–Crippen MR) is 77.8 cm³/mol. The predicted octanol–water partition coefficient (Wildman–Crippen LogP) is 2.96. The summed E-state index contributed by atoms with van der Waals surface area (Å²) in [6, 6.07) is 5.62. The van der Waals surface area contributed by atoms with E-state index in [4.69, 9.17) is 16.3 Å². The van der Waals surface area contributed by atoms with Crippen LogP contribution in [0.1, 0.15) is 19.4 Å². The molecule has 0 saturated carbocycles. The molecule has 0 saturated heterocycles. The first-order chi connectivity index (χ1) is 9.54. The van der Waals surface area contributed by atoms with Crippen LogP contribution in [-0.4, -0.2) is 17.0 Å². The summed E-state index contributed by atoms with van der Waals surface area (Å²) in [6.45, 7) is 3.51. The lowest BCUT2D eigenvalue weighted by Crippen LogP contribution is -2.38. The van der Waals surface area contributed by atoms with Gasteiger partial charge in [-0.3, -0.25) is 15.2 Å². The molecule has 3 rings (SSSR count). The molecule has 2 heterocycles. The van der Waals surface area contributed by atoms with Crippen LogP contribution in [0.4, 0.5) is 0 Å². The number of rotatable bonds is 1.